The third kappa shape index (κ3) is 2.17. The summed E-state index contributed by atoms with van der Waals surface area (Å²) in [6.07, 6.45) is 2.18. The number of benzene rings is 3. The number of hydrogen-bond donors (Lipinski definition) is 0. The quantitative estimate of drug-likeness (QED) is 0.449. The van der Waals surface area contributed by atoms with Gasteiger partial charge in [0.05, 0.1) is 0 Å². The van der Waals surface area contributed by atoms with Crippen LogP contribution in [0.3, 0.4) is 0 Å². The predicted molar refractivity (Wildman–Crippen MR) is 111 cm³/mol. The van der Waals surface area contributed by atoms with Crippen LogP contribution in [0.25, 0.3) is 5.57 Å². The predicted octanol–water partition coefficient (Wildman–Crippen LogP) is 6.56. The monoisotopic (exact) mass is 392 g/mol. The minimum Gasteiger partial charge on any atom is -0.347 e. The van der Waals surface area contributed by atoms with E-state index in [1.54, 1.807) is 0 Å². The van der Waals surface area contributed by atoms with Crippen molar-refractivity contribution in [2.45, 2.75) is 22.5 Å². The molecular formula is C24H18Cl2O. The van der Waals surface area contributed by atoms with Gasteiger partial charge in [0.15, 0.2) is 9.93 Å². The van der Waals surface area contributed by atoms with Crippen molar-refractivity contribution >= 4 is 28.8 Å². The third-order valence-corrected chi connectivity index (χ3v) is 6.61. The average molecular weight is 393 g/mol. The molecular weight excluding hydrogens is 375 g/mol. The summed E-state index contributed by atoms with van der Waals surface area (Å²) in [7, 11) is 0. The highest BCUT2D eigenvalue weighted by Crippen LogP contribution is 2.68. The molecule has 0 N–H and O–H groups in total. The molecule has 3 aromatic rings. The zero-order valence-corrected chi connectivity index (χ0v) is 16.3. The molecule has 1 nitrogen and oxygen atoms in total. The van der Waals surface area contributed by atoms with E-state index in [0.29, 0.717) is 0 Å². The number of alkyl halides is 2. The molecule has 27 heavy (non-hydrogen) atoms. The maximum atomic E-state index is 7.19. The lowest BCUT2D eigenvalue weighted by atomic mass is 9.77. The molecule has 0 saturated carbocycles. The Bertz CT molecular complexity index is 1040. The Kier molecular flexibility index (Phi) is 3.61. The SMILES string of the molecule is C[C@]12C=C(c3ccccc3)[C@](c3ccccc3)(O1)C(Cl)(Cl)c1ccccc12. The molecule has 2 bridgehead atoms. The van der Waals surface area contributed by atoms with E-state index < -0.39 is 15.5 Å². The standard InChI is InChI=1S/C24H18Cl2O/c1-22-16-21(17-10-4-2-5-11-17)23(27-22,18-12-6-3-7-13-18)24(25,26)20-15-9-8-14-19(20)22/h2-16H,1H3/t22-,23+/m1/s1. The molecule has 0 fully saturated rings. The van der Waals surface area contributed by atoms with Crippen molar-refractivity contribution < 1.29 is 4.74 Å². The molecule has 2 atom stereocenters. The Labute approximate surface area is 169 Å². The van der Waals surface area contributed by atoms with Crippen LogP contribution in [0.1, 0.15) is 29.2 Å². The van der Waals surface area contributed by atoms with Gasteiger partial charge in [0.2, 0.25) is 0 Å². The maximum Gasteiger partial charge on any atom is 0.180 e. The van der Waals surface area contributed by atoms with E-state index in [9.17, 15) is 0 Å². The second kappa shape index (κ2) is 5.72. The van der Waals surface area contributed by atoms with Gasteiger partial charge in [-0.2, -0.15) is 0 Å². The topological polar surface area (TPSA) is 9.23 Å². The van der Waals surface area contributed by atoms with Crippen molar-refractivity contribution in [1.29, 1.82) is 0 Å². The van der Waals surface area contributed by atoms with Gasteiger partial charge in [-0.05, 0) is 40.8 Å². The highest BCUT2D eigenvalue weighted by molar-refractivity contribution is 6.50. The second-order valence-corrected chi connectivity index (χ2v) is 8.63. The minimum atomic E-state index is -1.28. The molecule has 0 aromatic heterocycles. The van der Waals surface area contributed by atoms with Gasteiger partial charge in [-0.25, -0.2) is 0 Å². The van der Waals surface area contributed by atoms with Gasteiger partial charge in [0.1, 0.15) is 5.60 Å². The van der Waals surface area contributed by atoms with Crippen LogP contribution in [0, 0.1) is 0 Å². The van der Waals surface area contributed by atoms with Crippen LogP contribution < -0.4 is 0 Å². The number of fused-ring (bicyclic) bond motifs is 4. The van der Waals surface area contributed by atoms with Gasteiger partial charge in [-0.3, -0.25) is 0 Å². The van der Waals surface area contributed by atoms with Crippen LogP contribution >= 0.6 is 23.2 Å². The highest BCUT2D eigenvalue weighted by Gasteiger charge is 2.66. The van der Waals surface area contributed by atoms with Crippen LogP contribution in [0.2, 0.25) is 0 Å². The summed E-state index contributed by atoms with van der Waals surface area (Å²) in [5, 5.41) is 0. The van der Waals surface area contributed by atoms with Crippen LogP contribution in [0.5, 0.6) is 0 Å². The molecule has 0 unspecified atom stereocenters. The molecule has 0 saturated heterocycles. The van der Waals surface area contributed by atoms with Crippen molar-refractivity contribution in [3.8, 4) is 0 Å². The summed E-state index contributed by atoms with van der Waals surface area (Å²) in [6, 6.07) is 28.3. The second-order valence-electron chi connectivity index (χ2n) is 7.30. The zero-order valence-electron chi connectivity index (χ0n) is 14.8. The van der Waals surface area contributed by atoms with Crippen molar-refractivity contribution in [1.82, 2.24) is 0 Å². The molecule has 0 aliphatic carbocycles. The Hall–Kier alpha value is -2.06. The fraction of sp³-hybridized carbons (Fsp3) is 0.167. The normalized spacial score (nSPS) is 27.7. The Morgan fingerprint density at radius 2 is 1.26 bits per heavy atom. The van der Waals surface area contributed by atoms with Crippen LogP contribution in [0.4, 0.5) is 0 Å². The largest absolute Gasteiger partial charge is 0.347 e. The smallest absolute Gasteiger partial charge is 0.180 e. The van der Waals surface area contributed by atoms with Gasteiger partial charge < -0.3 is 4.74 Å². The molecule has 2 aliphatic heterocycles. The van der Waals surface area contributed by atoms with E-state index in [1.807, 2.05) is 72.8 Å². The van der Waals surface area contributed by atoms with E-state index in [4.69, 9.17) is 27.9 Å². The molecule has 0 radical (unpaired) electrons. The van der Waals surface area contributed by atoms with E-state index in [0.717, 1.165) is 27.8 Å². The van der Waals surface area contributed by atoms with Crippen molar-refractivity contribution in [2.75, 3.05) is 0 Å². The number of rotatable bonds is 2. The number of ether oxygens (including phenoxy) is 1. The van der Waals surface area contributed by atoms with Crippen LogP contribution in [-0.4, -0.2) is 0 Å². The molecule has 0 amide bonds. The fourth-order valence-electron chi connectivity index (χ4n) is 4.50. The first-order valence-corrected chi connectivity index (χ1v) is 9.77. The zero-order chi connectivity index (χ0) is 18.7. The molecule has 2 heterocycles. The maximum absolute atomic E-state index is 7.19. The van der Waals surface area contributed by atoms with Gasteiger partial charge >= 0.3 is 0 Å². The Balaban J connectivity index is 1.89. The lowest BCUT2D eigenvalue weighted by Crippen LogP contribution is -2.50. The molecule has 134 valence electrons. The van der Waals surface area contributed by atoms with Gasteiger partial charge in [-0.1, -0.05) is 108 Å². The lowest BCUT2D eigenvalue weighted by molar-refractivity contribution is -0.107. The van der Waals surface area contributed by atoms with E-state index >= 15 is 0 Å². The number of hydrogen-bond acceptors (Lipinski definition) is 1. The van der Waals surface area contributed by atoms with Gasteiger partial charge in [0.25, 0.3) is 0 Å². The summed E-state index contributed by atoms with van der Waals surface area (Å²) in [5.74, 6) is 0. The van der Waals surface area contributed by atoms with Crippen LogP contribution in [0.15, 0.2) is 91.0 Å². The summed E-state index contributed by atoms with van der Waals surface area (Å²) < 4.78 is 5.54. The Morgan fingerprint density at radius 1 is 0.704 bits per heavy atom. The van der Waals surface area contributed by atoms with Crippen molar-refractivity contribution in [3.63, 3.8) is 0 Å². The third-order valence-electron chi connectivity index (χ3n) is 5.67. The summed E-state index contributed by atoms with van der Waals surface area (Å²) in [6.45, 7) is 2.09. The highest BCUT2D eigenvalue weighted by atomic mass is 35.5. The lowest BCUT2D eigenvalue weighted by Gasteiger charge is -2.49. The first-order chi connectivity index (χ1) is 13.0. The molecule has 3 aromatic carbocycles. The number of halogens is 2. The molecule has 3 heteroatoms. The average Bonchev–Trinajstić information content (AvgIpc) is 3.03. The van der Waals surface area contributed by atoms with Crippen molar-refractivity contribution in [2.24, 2.45) is 0 Å². The van der Waals surface area contributed by atoms with Crippen LogP contribution in [-0.2, 0) is 20.3 Å². The summed E-state index contributed by atoms with van der Waals surface area (Å²) in [4.78, 5) is 0. The van der Waals surface area contributed by atoms with E-state index in [-0.39, 0.29) is 0 Å². The molecule has 2 aliphatic rings. The van der Waals surface area contributed by atoms with E-state index in [1.165, 1.54) is 0 Å². The van der Waals surface area contributed by atoms with E-state index in [2.05, 4.69) is 25.1 Å². The first kappa shape index (κ1) is 17.1. The van der Waals surface area contributed by atoms with Gasteiger partial charge in [-0.15, -0.1) is 0 Å². The molecule has 0 spiro atoms. The molecule has 5 rings (SSSR count). The minimum absolute atomic E-state index is 0.606. The first-order valence-electron chi connectivity index (χ1n) is 9.01. The Morgan fingerprint density at radius 3 is 1.93 bits per heavy atom. The fourth-order valence-corrected chi connectivity index (χ4v) is 5.33. The van der Waals surface area contributed by atoms with Gasteiger partial charge in [0, 0.05) is 0 Å². The summed E-state index contributed by atoms with van der Waals surface area (Å²) >= 11 is 14.4. The summed E-state index contributed by atoms with van der Waals surface area (Å²) in [5.41, 5.74) is 3.30. The van der Waals surface area contributed by atoms with Crippen molar-refractivity contribution in [3.05, 3.63) is 113 Å².